The maximum Gasteiger partial charge on any atom is 0.269 e. The number of H-pyrrole nitrogens is 1. The van der Waals surface area contributed by atoms with Crippen LogP contribution < -0.4 is 5.73 Å². The summed E-state index contributed by atoms with van der Waals surface area (Å²) in [6.45, 7) is 0. The van der Waals surface area contributed by atoms with Crippen LogP contribution in [-0.2, 0) is 5.75 Å². The van der Waals surface area contributed by atoms with Crippen LogP contribution in [0.3, 0.4) is 0 Å². The van der Waals surface area contributed by atoms with E-state index in [0.717, 1.165) is 11.0 Å². The summed E-state index contributed by atoms with van der Waals surface area (Å²) in [5, 5.41) is 30.7. The summed E-state index contributed by atoms with van der Waals surface area (Å²) in [6.07, 6.45) is 0. The molecule has 0 bridgehead atoms. The fourth-order valence-corrected chi connectivity index (χ4v) is 4.02. The van der Waals surface area contributed by atoms with Gasteiger partial charge in [-0.15, -0.1) is 0 Å². The first-order chi connectivity index (χ1) is 15.0. The number of nitro benzene ring substituents is 1. The van der Waals surface area contributed by atoms with Gasteiger partial charge in [-0.1, -0.05) is 23.9 Å². The molecule has 0 unspecified atom stereocenters. The molecular formula is C21H13N7O2S. The number of aromatic amines is 1. The van der Waals surface area contributed by atoms with Gasteiger partial charge in [0.25, 0.3) is 5.69 Å². The smallest absolute Gasteiger partial charge is 0.269 e. The third-order valence-electron chi connectivity index (χ3n) is 4.57. The number of non-ortho nitro benzene ring substituents is 1. The van der Waals surface area contributed by atoms with Crippen LogP contribution in [0.25, 0.3) is 22.2 Å². The van der Waals surface area contributed by atoms with Gasteiger partial charge in [0, 0.05) is 17.7 Å². The first-order valence-corrected chi connectivity index (χ1v) is 9.95. The van der Waals surface area contributed by atoms with Crippen molar-refractivity contribution in [3.63, 3.8) is 0 Å². The van der Waals surface area contributed by atoms with E-state index in [9.17, 15) is 20.6 Å². The van der Waals surface area contributed by atoms with Crippen LogP contribution in [0.1, 0.15) is 17.0 Å². The van der Waals surface area contributed by atoms with Crippen molar-refractivity contribution in [1.82, 2.24) is 15.0 Å². The van der Waals surface area contributed by atoms with Gasteiger partial charge in [0.15, 0.2) is 0 Å². The Bertz CT molecular complexity index is 1370. The monoisotopic (exact) mass is 427 g/mol. The van der Waals surface area contributed by atoms with E-state index in [1.807, 2.05) is 30.3 Å². The highest BCUT2D eigenvalue weighted by atomic mass is 32.2. The van der Waals surface area contributed by atoms with E-state index in [2.05, 4.69) is 21.0 Å². The Morgan fingerprint density at radius 3 is 2.42 bits per heavy atom. The van der Waals surface area contributed by atoms with Crippen molar-refractivity contribution in [2.45, 2.75) is 10.8 Å². The molecule has 0 spiro atoms. The minimum absolute atomic E-state index is 0.0121. The predicted octanol–water partition coefficient (Wildman–Crippen LogP) is 4.15. The molecule has 150 valence electrons. The zero-order chi connectivity index (χ0) is 22.0. The Balaban J connectivity index is 1.75. The van der Waals surface area contributed by atoms with E-state index >= 15 is 0 Å². The molecule has 4 aromatic rings. The minimum Gasteiger partial charge on any atom is -0.383 e. The normalized spacial score (nSPS) is 10.5. The fourth-order valence-electron chi connectivity index (χ4n) is 3.15. The lowest BCUT2D eigenvalue weighted by atomic mass is 9.97. The van der Waals surface area contributed by atoms with Crippen molar-refractivity contribution in [2.24, 2.45) is 0 Å². The van der Waals surface area contributed by atoms with E-state index in [4.69, 9.17) is 5.73 Å². The minimum atomic E-state index is -0.518. The molecule has 0 fully saturated rings. The standard InChI is InChI=1S/C21H13N7O2S/c22-9-14-19(12-5-7-13(8-6-12)28(29)30)15(10-23)21(27-20(14)24)31-11-18-25-16-3-1-2-4-17(16)26-18/h1-8H,11H2,(H2,24,27)(H,25,26). The van der Waals surface area contributed by atoms with Gasteiger partial charge in [-0.25, -0.2) is 9.97 Å². The number of imidazole rings is 1. The van der Waals surface area contributed by atoms with Gasteiger partial charge in [-0.2, -0.15) is 10.5 Å². The highest BCUT2D eigenvalue weighted by molar-refractivity contribution is 7.98. The lowest BCUT2D eigenvalue weighted by molar-refractivity contribution is -0.384. The molecule has 0 aliphatic carbocycles. The molecule has 0 radical (unpaired) electrons. The van der Waals surface area contributed by atoms with Crippen molar-refractivity contribution in [1.29, 1.82) is 10.5 Å². The van der Waals surface area contributed by atoms with Gasteiger partial charge in [0.05, 0.1) is 27.3 Å². The summed E-state index contributed by atoms with van der Waals surface area (Å²) in [5.74, 6) is 1.10. The van der Waals surface area contributed by atoms with Gasteiger partial charge in [-0.3, -0.25) is 10.1 Å². The van der Waals surface area contributed by atoms with Crippen molar-refractivity contribution in [2.75, 3.05) is 5.73 Å². The van der Waals surface area contributed by atoms with Crippen molar-refractivity contribution < 1.29 is 4.92 Å². The Labute approximate surface area is 180 Å². The lowest BCUT2D eigenvalue weighted by Crippen LogP contribution is -2.03. The van der Waals surface area contributed by atoms with Crippen molar-refractivity contribution >= 4 is 34.3 Å². The third kappa shape index (κ3) is 3.75. The fraction of sp³-hybridized carbons (Fsp3) is 0.0476. The van der Waals surface area contributed by atoms with Gasteiger partial charge in [0.2, 0.25) is 0 Å². The van der Waals surface area contributed by atoms with Crippen LogP contribution in [0, 0.1) is 32.8 Å². The molecule has 2 aromatic carbocycles. The number of nitrogens with two attached hydrogens (primary N) is 1. The molecule has 2 aromatic heterocycles. The molecule has 0 saturated carbocycles. The third-order valence-corrected chi connectivity index (χ3v) is 5.55. The highest BCUT2D eigenvalue weighted by Gasteiger charge is 2.21. The van der Waals surface area contributed by atoms with Crippen LogP contribution in [0.4, 0.5) is 11.5 Å². The number of anilines is 1. The maximum absolute atomic E-state index is 10.9. The molecule has 0 aliphatic heterocycles. The Morgan fingerprint density at radius 2 is 1.77 bits per heavy atom. The number of nitrogen functional groups attached to an aromatic ring is 1. The quantitative estimate of drug-likeness (QED) is 0.273. The van der Waals surface area contributed by atoms with E-state index in [1.165, 1.54) is 36.0 Å². The van der Waals surface area contributed by atoms with Crippen LogP contribution in [0.2, 0.25) is 0 Å². The van der Waals surface area contributed by atoms with Gasteiger partial charge < -0.3 is 10.7 Å². The summed E-state index contributed by atoms with van der Waals surface area (Å²) < 4.78 is 0. The van der Waals surface area contributed by atoms with Crippen molar-refractivity contribution in [3.05, 3.63) is 75.6 Å². The zero-order valence-electron chi connectivity index (χ0n) is 15.9. The number of hydrogen-bond donors (Lipinski definition) is 2. The average Bonchev–Trinajstić information content (AvgIpc) is 3.20. The molecular weight excluding hydrogens is 414 g/mol. The predicted molar refractivity (Wildman–Crippen MR) is 116 cm³/mol. The molecule has 0 atom stereocenters. The molecule has 0 saturated heterocycles. The second-order valence-electron chi connectivity index (χ2n) is 6.44. The number of rotatable bonds is 5. The van der Waals surface area contributed by atoms with Crippen LogP contribution in [-0.4, -0.2) is 19.9 Å². The molecule has 0 amide bonds. The number of nitrogens with one attached hydrogen (secondary N) is 1. The van der Waals surface area contributed by atoms with Gasteiger partial charge >= 0.3 is 0 Å². The number of hydrogen-bond acceptors (Lipinski definition) is 8. The van der Waals surface area contributed by atoms with Gasteiger partial charge in [-0.05, 0) is 29.8 Å². The number of pyridine rings is 1. The number of thioether (sulfide) groups is 1. The second-order valence-corrected chi connectivity index (χ2v) is 7.41. The number of nitro groups is 1. The molecule has 31 heavy (non-hydrogen) atoms. The first kappa shape index (κ1) is 19.9. The van der Waals surface area contributed by atoms with E-state index in [1.54, 1.807) is 0 Å². The lowest BCUT2D eigenvalue weighted by Gasteiger charge is -2.12. The number of aromatic nitrogens is 3. The summed E-state index contributed by atoms with van der Waals surface area (Å²) in [4.78, 5) is 22.4. The highest BCUT2D eigenvalue weighted by Crippen LogP contribution is 2.37. The summed E-state index contributed by atoms with van der Waals surface area (Å²) >= 11 is 1.27. The first-order valence-electron chi connectivity index (χ1n) is 8.96. The summed E-state index contributed by atoms with van der Waals surface area (Å²) in [7, 11) is 0. The van der Waals surface area contributed by atoms with Crippen LogP contribution in [0.5, 0.6) is 0 Å². The molecule has 2 heterocycles. The summed E-state index contributed by atoms with van der Waals surface area (Å²) in [6, 6.07) is 17.3. The number of nitrogens with zero attached hydrogens (tertiary/aromatic N) is 5. The van der Waals surface area contributed by atoms with E-state index in [0.29, 0.717) is 27.7 Å². The second kappa shape index (κ2) is 8.14. The molecule has 4 rings (SSSR count). The Hall–Kier alpha value is -4.41. The number of fused-ring (bicyclic) bond motifs is 1. The van der Waals surface area contributed by atoms with E-state index in [-0.39, 0.29) is 22.6 Å². The zero-order valence-corrected chi connectivity index (χ0v) is 16.7. The SMILES string of the molecule is N#Cc1c(N)nc(SCc2nc3ccccc3[nH]2)c(C#N)c1-c1ccc([N+](=O)[O-])cc1. The molecule has 0 aliphatic rings. The average molecular weight is 427 g/mol. The molecule has 9 nitrogen and oxygen atoms in total. The largest absolute Gasteiger partial charge is 0.383 e. The Kier molecular flexibility index (Phi) is 5.22. The number of nitriles is 2. The summed E-state index contributed by atoms with van der Waals surface area (Å²) in [5.41, 5.74) is 8.66. The van der Waals surface area contributed by atoms with Crippen LogP contribution in [0.15, 0.2) is 53.6 Å². The topological polar surface area (TPSA) is 158 Å². The van der Waals surface area contributed by atoms with Crippen molar-refractivity contribution in [3.8, 4) is 23.3 Å². The maximum atomic E-state index is 10.9. The number of para-hydroxylation sites is 2. The number of benzene rings is 2. The Morgan fingerprint density at radius 1 is 1.06 bits per heavy atom. The van der Waals surface area contributed by atoms with Gasteiger partial charge in [0.1, 0.15) is 34.4 Å². The van der Waals surface area contributed by atoms with Crippen LogP contribution >= 0.6 is 11.8 Å². The van der Waals surface area contributed by atoms with E-state index < -0.39 is 4.92 Å². The molecule has 10 heteroatoms. The molecule has 3 N–H and O–H groups in total.